The highest BCUT2D eigenvalue weighted by atomic mass is 35.5. The summed E-state index contributed by atoms with van der Waals surface area (Å²) in [6, 6.07) is 14.2. The highest BCUT2D eigenvalue weighted by Gasteiger charge is 2.25. The van der Waals surface area contributed by atoms with Crippen LogP contribution in [-0.4, -0.2) is 49.4 Å². The van der Waals surface area contributed by atoms with Crippen molar-refractivity contribution in [3.05, 3.63) is 93.2 Å². The van der Waals surface area contributed by atoms with Crippen molar-refractivity contribution in [1.29, 1.82) is 0 Å². The Bertz CT molecular complexity index is 1470. The SMILES string of the molecule is CCOP(/C=C/c1cc(Cl)c(C(=O)NC(Cc2cccc(S(C)(=O)=O)c2)C(=O)O)c(Cl)c1)c1ccc(O)cc1. The number of carbonyl (C=O) groups is 2. The van der Waals surface area contributed by atoms with Gasteiger partial charge in [0.1, 0.15) is 11.8 Å². The van der Waals surface area contributed by atoms with E-state index < -0.39 is 35.9 Å². The number of benzene rings is 3. The van der Waals surface area contributed by atoms with E-state index in [0.29, 0.717) is 17.7 Å². The van der Waals surface area contributed by atoms with Crippen LogP contribution >= 0.6 is 31.4 Å². The third-order valence-corrected chi connectivity index (χ3v) is 8.91. The van der Waals surface area contributed by atoms with Gasteiger partial charge in [-0.2, -0.15) is 0 Å². The predicted octanol–water partition coefficient (Wildman–Crippen LogP) is 5.26. The Labute approximate surface area is 238 Å². The van der Waals surface area contributed by atoms with Crippen molar-refractivity contribution >= 4 is 64.4 Å². The minimum atomic E-state index is -3.49. The van der Waals surface area contributed by atoms with Crippen molar-refractivity contribution < 1.29 is 32.7 Å². The lowest BCUT2D eigenvalue weighted by molar-refractivity contribution is -0.139. The molecule has 0 bridgehead atoms. The number of carboxylic acids is 1. The van der Waals surface area contributed by atoms with Gasteiger partial charge in [-0.25, -0.2) is 13.2 Å². The smallest absolute Gasteiger partial charge is 0.326 e. The maximum atomic E-state index is 13.0. The van der Waals surface area contributed by atoms with Gasteiger partial charge in [0.2, 0.25) is 0 Å². The Morgan fingerprint density at radius 3 is 2.28 bits per heavy atom. The van der Waals surface area contributed by atoms with Crippen molar-refractivity contribution in [3.63, 3.8) is 0 Å². The number of carboxylic acid groups (broad SMARTS) is 1. The molecule has 206 valence electrons. The fourth-order valence-electron chi connectivity index (χ4n) is 3.57. The molecule has 39 heavy (non-hydrogen) atoms. The number of nitrogens with one attached hydrogen (secondary N) is 1. The van der Waals surface area contributed by atoms with Crippen LogP contribution < -0.4 is 10.6 Å². The summed E-state index contributed by atoms with van der Waals surface area (Å²) in [6.07, 6.45) is 2.65. The first kappa shape index (κ1) is 30.6. The summed E-state index contributed by atoms with van der Waals surface area (Å²) < 4.78 is 29.5. The Kier molecular flexibility index (Phi) is 10.5. The van der Waals surface area contributed by atoms with Gasteiger partial charge in [-0.3, -0.25) is 4.79 Å². The Morgan fingerprint density at radius 1 is 1.08 bits per heavy atom. The molecule has 0 saturated heterocycles. The van der Waals surface area contributed by atoms with E-state index >= 15 is 0 Å². The van der Waals surface area contributed by atoms with Gasteiger partial charge in [-0.1, -0.05) is 41.4 Å². The molecule has 0 heterocycles. The van der Waals surface area contributed by atoms with E-state index in [1.54, 1.807) is 36.4 Å². The van der Waals surface area contributed by atoms with Crippen LogP contribution in [0.15, 0.2) is 71.4 Å². The molecular formula is C27H26Cl2NO7PS. The quantitative estimate of drug-likeness (QED) is 0.253. The van der Waals surface area contributed by atoms with E-state index in [4.69, 9.17) is 27.7 Å². The number of aromatic hydroxyl groups is 1. The van der Waals surface area contributed by atoms with Gasteiger partial charge < -0.3 is 20.1 Å². The zero-order chi connectivity index (χ0) is 28.7. The molecule has 3 aromatic carbocycles. The minimum absolute atomic E-state index is 0.0215. The van der Waals surface area contributed by atoms with Crippen LogP contribution in [0.2, 0.25) is 10.0 Å². The number of carbonyl (C=O) groups excluding carboxylic acids is 1. The highest BCUT2D eigenvalue weighted by molar-refractivity contribution is 7.90. The van der Waals surface area contributed by atoms with Gasteiger partial charge in [-0.15, -0.1) is 0 Å². The molecule has 0 aliphatic carbocycles. The fourth-order valence-corrected chi connectivity index (χ4v) is 6.37. The first-order chi connectivity index (χ1) is 18.4. The van der Waals surface area contributed by atoms with Gasteiger partial charge in [-0.05, 0) is 72.4 Å². The second-order valence-corrected chi connectivity index (χ2v) is 13.0. The largest absolute Gasteiger partial charge is 0.508 e. The van der Waals surface area contributed by atoms with E-state index in [1.807, 2.05) is 12.7 Å². The third kappa shape index (κ3) is 8.52. The molecule has 12 heteroatoms. The van der Waals surface area contributed by atoms with Crippen LogP contribution in [0.3, 0.4) is 0 Å². The average molecular weight is 610 g/mol. The molecular weight excluding hydrogens is 584 g/mol. The van der Waals surface area contributed by atoms with E-state index in [2.05, 4.69) is 5.32 Å². The number of aliphatic carboxylic acids is 1. The molecule has 2 atom stereocenters. The first-order valence-electron chi connectivity index (χ1n) is 11.6. The molecule has 0 saturated carbocycles. The summed E-state index contributed by atoms with van der Waals surface area (Å²) in [7, 11) is -4.63. The fraction of sp³-hybridized carbons (Fsp3) is 0.185. The van der Waals surface area contributed by atoms with Gasteiger partial charge in [0.25, 0.3) is 5.91 Å². The molecule has 3 aromatic rings. The number of amides is 1. The van der Waals surface area contributed by atoms with E-state index in [-0.39, 0.29) is 32.7 Å². The average Bonchev–Trinajstić information content (AvgIpc) is 2.86. The standard InChI is InChI=1S/C27H26Cl2NO7PS/c1-3-37-38(20-9-7-19(31)8-10-20)12-11-18-14-22(28)25(23(29)15-18)26(32)30-24(27(33)34)16-17-5-4-6-21(13-17)39(2,35)36/h4-15,24,31H,3,16H2,1-2H3,(H,30,32)(H,33,34)/b12-11+. The summed E-state index contributed by atoms with van der Waals surface area (Å²) in [4.78, 5) is 24.9. The normalized spacial score (nSPS) is 13.2. The second kappa shape index (κ2) is 13.4. The molecule has 0 aliphatic heterocycles. The van der Waals surface area contributed by atoms with Crippen LogP contribution in [0.25, 0.3) is 6.08 Å². The van der Waals surface area contributed by atoms with Gasteiger partial charge in [0.15, 0.2) is 9.84 Å². The Balaban J connectivity index is 1.80. The molecule has 3 rings (SSSR count). The highest BCUT2D eigenvalue weighted by Crippen LogP contribution is 2.39. The zero-order valence-corrected chi connectivity index (χ0v) is 24.2. The third-order valence-electron chi connectivity index (χ3n) is 5.44. The lowest BCUT2D eigenvalue weighted by Gasteiger charge is -2.17. The number of phenolic OH excluding ortho intramolecular Hbond substituents is 1. The van der Waals surface area contributed by atoms with Crippen molar-refractivity contribution in [2.45, 2.75) is 24.3 Å². The maximum Gasteiger partial charge on any atom is 0.326 e. The van der Waals surface area contributed by atoms with Crippen LogP contribution in [0.1, 0.15) is 28.4 Å². The van der Waals surface area contributed by atoms with Crippen LogP contribution in [-0.2, 0) is 25.6 Å². The van der Waals surface area contributed by atoms with Crippen molar-refractivity contribution in [1.82, 2.24) is 5.32 Å². The van der Waals surface area contributed by atoms with E-state index in [1.165, 1.54) is 30.3 Å². The van der Waals surface area contributed by atoms with E-state index in [0.717, 1.165) is 11.6 Å². The van der Waals surface area contributed by atoms with Crippen LogP contribution in [0, 0.1) is 0 Å². The molecule has 0 spiro atoms. The van der Waals surface area contributed by atoms with Gasteiger partial charge >= 0.3 is 5.97 Å². The summed E-state index contributed by atoms with van der Waals surface area (Å²) in [6.45, 7) is 2.35. The predicted molar refractivity (Wildman–Crippen MR) is 154 cm³/mol. The molecule has 0 aliphatic rings. The summed E-state index contributed by atoms with van der Waals surface area (Å²) in [5.74, 6) is -0.0988. The molecule has 1 amide bonds. The van der Waals surface area contributed by atoms with Crippen LogP contribution in [0.4, 0.5) is 0 Å². The summed E-state index contributed by atoms with van der Waals surface area (Å²) in [5, 5.41) is 22.6. The number of rotatable bonds is 11. The number of hydrogen-bond acceptors (Lipinski definition) is 6. The second-order valence-electron chi connectivity index (χ2n) is 8.42. The molecule has 8 nitrogen and oxygen atoms in total. The minimum Gasteiger partial charge on any atom is -0.508 e. The van der Waals surface area contributed by atoms with Crippen molar-refractivity contribution in [2.24, 2.45) is 0 Å². The summed E-state index contributed by atoms with van der Waals surface area (Å²) in [5.41, 5.74) is 0.930. The monoisotopic (exact) mass is 609 g/mol. The van der Waals surface area contributed by atoms with Crippen molar-refractivity contribution in [3.8, 4) is 5.75 Å². The summed E-state index contributed by atoms with van der Waals surface area (Å²) >= 11 is 12.8. The Hall–Kier alpha value is -2.94. The molecule has 2 unspecified atom stereocenters. The molecule has 0 radical (unpaired) electrons. The topological polar surface area (TPSA) is 130 Å². The Morgan fingerprint density at radius 2 is 1.72 bits per heavy atom. The molecule has 3 N–H and O–H groups in total. The maximum absolute atomic E-state index is 13.0. The zero-order valence-electron chi connectivity index (χ0n) is 21.0. The van der Waals surface area contributed by atoms with Gasteiger partial charge in [0.05, 0.1) is 28.7 Å². The molecule has 0 aromatic heterocycles. The van der Waals surface area contributed by atoms with Crippen LogP contribution in [0.5, 0.6) is 5.75 Å². The molecule has 0 fully saturated rings. The number of halogens is 2. The number of hydrogen-bond donors (Lipinski definition) is 3. The first-order valence-corrected chi connectivity index (χ1v) is 15.6. The lowest BCUT2D eigenvalue weighted by Crippen LogP contribution is -2.42. The van der Waals surface area contributed by atoms with Crippen molar-refractivity contribution in [2.75, 3.05) is 12.9 Å². The van der Waals surface area contributed by atoms with Gasteiger partial charge in [0, 0.05) is 24.6 Å². The number of phenols is 1. The lowest BCUT2D eigenvalue weighted by atomic mass is 10.0. The van der Waals surface area contributed by atoms with E-state index in [9.17, 15) is 28.2 Å². The number of sulfone groups is 1.